The molecule has 22 heavy (non-hydrogen) atoms. The summed E-state index contributed by atoms with van der Waals surface area (Å²) in [4.78, 5) is 21.2. The summed E-state index contributed by atoms with van der Waals surface area (Å²) in [6.45, 7) is 0. The minimum atomic E-state index is -0.522. The Bertz CT molecular complexity index is 663. The average Bonchev–Trinajstić information content (AvgIpc) is 2.95. The van der Waals surface area contributed by atoms with Crippen LogP contribution in [0.25, 0.3) is 0 Å². The maximum Gasteiger partial charge on any atom is 0.248 e. The predicted molar refractivity (Wildman–Crippen MR) is 87.0 cm³/mol. The Balaban J connectivity index is 0.000000162. The number of carbonyl (C=O) groups excluding carboxylic acids is 2. The molecular formula is C17H17ClN2O2. The number of primary amides is 2. The standard InChI is InChI=1S/C9H9Cl.C8H8N2O2/c10-9-5-4-7-2-1-3-8(7)6-9;9-7(11)5-1-2-6(4-3-5)8(10)12/h4-6H,1-3H2;1-4H,(H2,9,11)(H2,10,12). The number of halogens is 1. The highest BCUT2D eigenvalue weighted by Gasteiger charge is 2.09. The lowest BCUT2D eigenvalue weighted by Gasteiger charge is -1.96. The predicted octanol–water partition coefficient (Wildman–Crippen LogP) is 2.71. The van der Waals surface area contributed by atoms with Gasteiger partial charge in [0.2, 0.25) is 11.8 Å². The molecule has 0 heterocycles. The van der Waals surface area contributed by atoms with E-state index in [1.54, 1.807) is 0 Å². The number of rotatable bonds is 2. The lowest BCUT2D eigenvalue weighted by atomic mass is 10.1. The lowest BCUT2D eigenvalue weighted by Crippen LogP contribution is -2.13. The number of hydrogen-bond acceptors (Lipinski definition) is 2. The highest BCUT2D eigenvalue weighted by molar-refractivity contribution is 6.30. The second-order valence-corrected chi connectivity index (χ2v) is 5.51. The molecule has 114 valence electrons. The molecule has 0 fully saturated rings. The van der Waals surface area contributed by atoms with Crippen LogP contribution in [0.1, 0.15) is 38.3 Å². The van der Waals surface area contributed by atoms with E-state index in [1.165, 1.54) is 54.7 Å². The number of nitrogens with two attached hydrogens (primary N) is 2. The monoisotopic (exact) mass is 316 g/mol. The zero-order valence-electron chi connectivity index (χ0n) is 12.0. The maximum atomic E-state index is 10.6. The third-order valence-corrected chi connectivity index (χ3v) is 3.75. The van der Waals surface area contributed by atoms with Crippen molar-refractivity contribution in [3.05, 3.63) is 69.7 Å². The van der Waals surface area contributed by atoms with Crippen molar-refractivity contribution in [1.29, 1.82) is 0 Å². The number of fused-ring (bicyclic) bond motifs is 1. The molecule has 0 aromatic heterocycles. The summed E-state index contributed by atoms with van der Waals surface area (Å²) in [5.74, 6) is -1.04. The number of hydrogen-bond donors (Lipinski definition) is 2. The fourth-order valence-electron chi connectivity index (χ4n) is 2.34. The number of carbonyl (C=O) groups is 2. The maximum absolute atomic E-state index is 10.6. The van der Waals surface area contributed by atoms with Gasteiger partial charge in [0.25, 0.3) is 0 Å². The number of amides is 2. The first-order valence-electron chi connectivity index (χ1n) is 6.94. The minimum Gasteiger partial charge on any atom is -0.366 e. The van der Waals surface area contributed by atoms with E-state index in [4.69, 9.17) is 23.1 Å². The van der Waals surface area contributed by atoms with Crippen molar-refractivity contribution in [3.8, 4) is 0 Å². The van der Waals surface area contributed by atoms with E-state index < -0.39 is 11.8 Å². The van der Waals surface area contributed by atoms with Crippen LogP contribution in [0.2, 0.25) is 5.02 Å². The first-order valence-corrected chi connectivity index (χ1v) is 7.32. The molecule has 0 radical (unpaired) electrons. The van der Waals surface area contributed by atoms with Gasteiger partial charge in [-0.1, -0.05) is 17.7 Å². The van der Waals surface area contributed by atoms with Crippen LogP contribution in [0.15, 0.2) is 42.5 Å². The van der Waals surface area contributed by atoms with E-state index in [0.29, 0.717) is 11.1 Å². The van der Waals surface area contributed by atoms with Crippen LogP contribution >= 0.6 is 11.6 Å². The molecule has 0 spiro atoms. The number of aryl methyl sites for hydroxylation is 2. The molecular weight excluding hydrogens is 300 g/mol. The first-order chi connectivity index (χ1) is 10.5. The SMILES string of the molecule is Clc1ccc2c(c1)CCC2.NC(=O)c1ccc(C(N)=O)cc1. The molecule has 0 bridgehead atoms. The molecule has 1 aliphatic carbocycles. The normalized spacial score (nSPS) is 12.0. The van der Waals surface area contributed by atoms with E-state index in [-0.39, 0.29) is 0 Å². The van der Waals surface area contributed by atoms with Crippen LogP contribution in [0.5, 0.6) is 0 Å². The Morgan fingerprint density at radius 2 is 1.32 bits per heavy atom. The van der Waals surface area contributed by atoms with Crippen molar-refractivity contribution >= 4 is 23.4 Å². The van der Waals surface area contributed by atoms with Gasteiger partial charge < -0.3 is 11.5 Å². The van der Waals surface area contributed by atoms with E-state index in [0.717, 1.165) is 5.02 Å². The zero-order valence-corrected chi connectivity index (χ0v) is 12.8. The molecule has 2 amide bonds. The van der Waals surface area contributed by atoms with Crippen LogP contribution < -0.4 is 11.5 Å². The fraction of sp³-hybridized carbons (Fsp3) is 0.176. The van der Waals surface area contributed by atoms with Gasteiger partial charge in [0.05, 0.1) is 0 Å². The first kappa shape index (κ1) is 16.0. The summed E-state index contributed by atoms with van der Waals surface area (Å²) in [6.07, 6.45) is 3.76. The fourth-order valence-corrected chi connectivity index (χ4v) is 2.53. The molecule has 2 aromatic carbocycles. The molecule has 5 heteroatoms. The largest absolute Gasteiger partial charge is 0.366 e. The summed E-state index contributed by atoms with van der Waals surface area (Å²) in [5, 5.41) is 0.876. The van der Waals surface area contributed by atoms with Crippen LogP contribution in [0.3, 0.4) is 0 Å². The van der Waals surface area contributed by atoms with Gasteiger partial charge in [0.1, 0.15) is 0 Å². The van der Waals surface area contributed by atoms with E-state index in [1.807, 2.05) is 6.07 Å². The van der Waals surface area contributed by atoms with Gasteiger partial charge in [-0.05, 0) is 66.8 Å². The smallest absolute Gasteiger partial charge is 0.248 e. The second kappa shape index (κ2) is 7.09. The Hall–Kier alpha value is -2.33. The Morgan fingerprint density at radius 1 is 0.818 bits per heavy atom. The summed E-state index contributed by atoms with van der Waals surface area (Å²) in [5.41, 5.74) is 13.6. The van der Waals surface area contributed by atoms with E-state index in [9.17, 15) is 9.59 Å². The minimum absolute atomic E-state index is 0.361. The third-order valence-electron chi connectivity index (χ3n) is 3.51. The highest BCUT2D eigenvalue weighted by atomic mass is 35.5. The quantitative estimate of drug-likeness (QED) is 0.892. The van der Waals surface area contributed by atoms with Crippen LogP contribution in [-0.2, 0) is 12.8 Å². The summed E-state index contributed by atoms with van der Waals surface area (Å²) < 4.78 is 0. The summed E-state index contributed by atoms with van der Waals surface area (Å²) in [6, 6.07) is 12.1. The van der Waals surface area contributed by atoms with Gasteiger partial charge in [-0.25, -0.2) is 0 Å². The van der Waals surface area contributed by atoms with Gasteiger partial charge in [-0.2, -0.15) is 0 Å². The third kappa shape index (κ3) is 4.09. The van der Waals surface area contributed by atoms with Gasteiger partial charge in [-0.3, -0.25) is 9.59 Å². The van der Waals surface area contributed by atoms with Gasteiger partial charge in [0, 0.05) is 16.1 Å². The second-order valence-electron chi connectivity index (χ2n) is 5.07. The van der Waals surface area contributed by atoms with Crippen molar-refractivity contribution in [3.63, 3.8) is 0 Å². The Labute approximate surface area is 134 Å². The van der Waals surface area contributed by atoms with Gasteiger partial charge in [0.15, 0.2) is 0 Å². The van der Waals surface area contributed by atoms with E-state index in [2.05, 4.69) is 12.1 Å². The number of benzene rings is 2. The molecule has 4 nitrogen and oxygen atoms in total. The van der Waals surface area contributed by atoms with Crippen molar-refractivity contribution in [2.24, 2.45) is 11.5 Å². The van der Waals surface area contributed by atoms with Crippen LogP contribution in [-0.4, -0.2) is 11.8 Å². The Morgan fingerprint density at radius 3 is 1.82 bits per heavy atom. The zero-order chi connectivity index (χ0) is 16.1. The van der Waals surface area contributed by atoms with Gasteiger partial charge >= 0.3 is 0 Å². The molecule has 0 atom stereocenters. The van der Waals surface area contributed by atoms with Crippen molar-refractivity contribution in [1.82, 2.24) is 0 Å². The molecule has 2 aromatic rings. The highest BCUT2D eigenvalue weighted by Crippen LogP contribution is 2.24. The van der Waals surface area contributed by atoms with Crippen LogP contribution in [0.4, 0.5) is 0 Å². The average molecular weight is 317 g/mol. The molecule has 0 saturated heterocycles. The summed E-state index contributed by atoms with van der Waals surface area (Å²) >= 11 is 5.82. The molecule has 4 N–H and O–H groups in total. The van der Waals surface area contributed by atoms with Crippen molar-refractivity contribution in [2.45, 2.75) is 19.3 Å². The van der Waals surface area contributed by atoms with E-state index >= 15 is 0 Å². The lowest BCUT2D eigenvalue weighted by molar-refractivity contribution is 0.0988. The molecule has 3 rings (SSSR count). The molecule has 0 unspecified atom stereocenters. The molecule has 0 aliphatic heterocycles. The summed E-state index contributed by atoms with van der Waals surface area (Å²) in [7, 11) is 0. The topological polar surface area (TPSA) is 86.2 Å². The van der Waals surface area contributed by atoms with Gasteiger partial charge in [-0.15, -0.1) is 0 Å². The molecule has 1 aliphatic rings. The molecule has 0 saturated carbocycles. The van der Waals surface area contributed by atoms with Crippen molar-refractivity contribution in [2.75, 3.05) is 0 Å². The Kier molecular flexibility index (Phi) is 5.17. The van der Waals surface area contributed by atoms with Crippen LogP contribution in [0, 0.1) is 0 Å². The van der Waals surface area contributed by atoms with Crippen molar-refractivity contribution < 1.29 is 9.59 Å².